The van der Waals surface area contributed by atoms with Crippen molar-refractivity contribution in [3.05, 3.63) is 62.6 Å². The summed E-state index contributed by atoms with van der Waals surface area (Å²) in [5.41, 5.74) is 4.67. The molecular weight excluding hydrogens is 517 g/mol. The van der Waals surface area contributed by atoms with Gasteiger partial charge >= 0.3 is 5.97 Å². The Morgan fingerprint density at radius 3 is 2.47 bits per heavy atom. The molecule has 1 aliphatic carbocycles. The number of halogens is 2. The topological polar surface area (TPSA) is 38.8 Å². The van der Waals surface area contributed by atoms with E-state index in [1.807, 2.05) is 20.8 Å². The van der Waals surface area contributed by atoms with Gasteiger partial charge in [-0.1, -0.05) is 48.7 Å². The molecule has 0 aromatic heterocycles. The van der Waals surface area contributed by atoms with Crippen molar-refractivity contribution in [2.24, 2.45) is 0 Å². The van der Waals surface area contributed by atoms with E-state index in [2.05, 4.69) is 42.2 Å². The van der Waals surface area contributed by atoms with Gasteiger partial charge in [0, 0.05) is 27.6 Å². The van der Waals surface area contributed by atoms with Crippen LogP contribution >= 0.6 is 23.2 Å². The number of piperidine rings is 1. The van der Waals surface area contributed by atoms with Crippen LogP contribution in [0.4, 0.5) is 0 Å². The minimum absolute atomic E-state index is 0.0835. The summed E-state index contributed by atoms with van der Waals surface area (Å²) in [5, 5.41) is 1.62. The standard InChI is InChI=1S/C32H41Cl2NO3/c1-5-6-7-21-16-26(33)30(27(34)17-21)24-19-23(24)22-8-9-25-28(18-22)37-20-32(25)11-14-35(15-12-32)13-10-29(36)38-31(2,3)4/h8-9,16-18,23-24H,5-7,10-15,19-20H2,1-4H3. The van der Waals surface area contributed by atoms with Crippen molar-refractivity contribution in [3.8, 4) is 5.75 Å². The third-order valence-corrected chi connectivity index (χ3v) is 9.12. The zero-order valence-corrected chi connectivity index (χ0v) is 24.8. The van der Waals surface area contributed by atoms with Crippen molar-refractivity contribution >= 4 is 29.2 Å². The number of fused-ring (bicyclic) bond motifs is 2. The number of ether oxygens (including phenoxy) is 2. The maximum absolute atomic E-state index is 12.1. The number of carbonyl (C=O) groups excluding carboxylic acids is 1. The Balaban J connectivity index is 1.20. The Morgan fingerprint density at radius 1 is 1.11 bits per heavy atom. The van der Waals surface area contributed by atoms with Gasteiger partial charge in [0.05, 0.1) is 13.0 Å². The van der Waals surface area contributed by atoms with Crippen molar-refractivity contribution in [3.63, 3.8) is 0 Å². The normalized spacial score (nSPS) is 22.3. The van der Waals surface area contributed by atoms with Crippen LogP contribution in [0.15, 0.2) is 30.3 Å². The first-order valence-electron chi connectivity index (χ1n) is 14.3. The third kappa shape index (κ3) is 6.03. The molecule has 0 radical (unpaired) electrons. The highest BCUT2D eigenvalue weighted by Crippen LogP contribution is 2.59. The van der Waals surface area contributed by atoms with Crippen LogP contribution in [0.25, 0.3) is 0 Å². The smallest absolute Gasteiger partial charge is 0.307 e. The van der Waals surface area contributed by atoms with Gasteiger partial charge in [-0.3, -0.25) is 4.79 Å². The summed E-state index contributed by atoms with van der Waals surface area (Å²) in [6, 6.07) is 11.1. The zero-order chi connectivity index (χ0) is 27.1. The molecule has 0 amide bonds. The highest BCUT2D eigenvalue weighted by atomic mass is 35.5. The Kier molecular flexibility index (Phi) is 8.06. The van der Waals surface area contributed by atoms with Gasteiger partial charge in [-0.25, -0.2) is 0 Å². The minimum atomic E-state index is -0.426. The van der Waals surface area contributed by atoms with Crippen LogP contribution in [0.5, 0.6) is 5.75 Å². The van der Waals surface area contributed by atoms with E-state index in [4.69, 9.17) is 32.7 Å². The predicted molar refractivity (Wildman–Crippen MR) is 155 cm³/mol. The number of carbonyl (C=O) groups is 1. The summed E-state index contributed by atoms with van der Waals surface area (Å²) in [4.78, 5) is 14.5. The van der Waals surface area contributed by atoms with E-state index >= 15 is 0 Å². The Morgan fingerprint density at radius 2 is 1.82 bits per heavy atom. The number of unbranched alkanes of at least 4 members (excludes halogenated alkanes) is 1. The lowest BCUT2D eigenvalue weighted by molar-refractivity contribution is -0.155. The van der Waals surface area contributed by atoms with Crippen molar-refractivity contribution in [2.45, 2.75) is 95.5 Å². The van der Waals surface area contributed by atoms with E-state index in [-0.39, 0.29) is 11.4 Å². The van der Waals surface area contributed by atoms with E-state index in [1.165, 1.54) is 16.7 Å². The highest BCUT2D eigenvalue weighted by Gasteiger charge is 2.46. The van der Waals surface area contributed by atoms with E-state index in [0.717, 1.165) is 86.1 Å². The largest absolute Gasteiger partial charge is 0.492 e. The number of nitrogens with zero attached hydrogens (tertiary/aromatic N) is 1. The van der Waals surface area contributed by atoms with E-state index in [1.54, 1.807) is 0 Å². The first kappa shape index (κ1) is 27.8. The zero-order valence-electron chi connectivity index (χ0n) is 23.2. The third-order valence-electron chi connectivity index (χ3n) is 8.49. The summed E-state index contributed by atoms with van der Waals surface area (Å²) in [7, 11) is 0. The monoisotopic (exact) mass is 557 g/mol. The van der Waals surface area contributed by atoms with Crippen LogP contribution in [0.3, 0.4) is 0 Å². The molecule has 6 heteroatoms. The summed E-state index contributed by atoms with van der Waals surface area (Å²) in [5.74, 6) is 1.74. The maximum Gasteiger partial charge on any atom is 0.307 e. The van der Waals surface area contributed by atoms with Crippen LogP contribution in [-0.4, -0.2) is 42.7 Å². The molecule has 2 aliphatic heterocycles. The molecule has 2 atom stereocenters. The van der Waals surface area contributed by atoms with Crippen LogP contribution in [0, 0.1) is 0 Å². The number of rotatable bonds is 8. The SMILES string of the molecule is CCCCc1cc(Cl)c(C2CC2c2ccc3c(c2)OCC32CCN(CCC(=O)OC(C)(C)C)CC2)c(Cl)c1. The molecule has 5 rings (SSSR count). The summed E-state index contributed by atoms with van der Waals surface area (Å²) >= 11 is 13.5. The fourth-order valence-corrected chi connectivity index (χ4v) is 7.09. The summed E-state index contributed by atoms with van der Waals surface area (Å²) in [6.45, 7) is 11.4. The molecule has 1 spiro atoms. The van der Waals surface area contributed by atoms with Crippen molar-refractivity contribution in [2.75, 3.05) is 26.2 Å². The fraction of sp³-hybridized carbons (Fsp3) is 0.594. The van der Waals surface area contributed by atoms with Gasteiger partial charge in [-0.05, 0) is 113 Å². The molecule has 2 unspecified atom stereocenters. The first-order chi connectivity index (χ1) is 18.1. The Labute approximate surface area is 238 Å². The van der Waals surface area contributed by atoms with Crippen LogP contribution in [0.2, 0.25) is 10.0 Å². The number of esters is 1. The van der Waals surface area contributed by atoms with Gasteiger partial charge in [0.2, 0.25) is 0 Å². The molecule has 0 N–H and O–H groups in total. The predicted octanol–water partition coefficient (Wildman–Crippen LogP) is 8.06. The van der Waals surface area contributed by atoms with Crippen molar-refractivity contribution < 1.29 is 14.3 Å². The average Bonchev–Trinajstić information content (AvgIpc) is 3.56. The number of likely N-dealkylation sites (tertiary alicyclic amines) is 1. The number of aryl methyl sites for hydroxylation is 1. The molecule has 1 saturated heterocycles. The minimum Gasteiger partial charge on any atom is -0.492 e. The Bertz CT molecular complexity index is 1160. The van der Waals surface area contributed by atoms with E-state index in [9.17, 15) is 4.79 Å². The maximum atomic E-state index is 12.1. The first-order valence-corrected chi connectivity index (χ1v) is 15.0. The molecule has 2 heterocycles. The summed E-state index contributed by atoms with van der Waals surface area (Å²) in [6.07, 6.45) is 6.96. The lowest BCUT2D eigenvalue weighted by Gasteiger charge is -2.38. The second-order valence-electron chi connectivity index (χ2n) is 12.5. The van der Waals surface area contributed by atoms with Crippen LogP contribution in [-0.2, 0) is 21.4 Å². The molecule has 38 heavy (non-hydrogen) atoms. The highest BCUT2D eigenvalue weighted by molar-refractivity contribution is 6.36. The Hall–Kier alpha value is -1.75. The molecule has 2 aromatic rings. The quantitative estimate of drug-likeness (QED) is 0.307. The number of hydrogen-bond donors (Lipinski definition) is 0. The van der Waals surface area contributed by atoms with Gasteiger partial charge in [0.25, 0.3) is 0 Å². The average molecular weight is 559 g/mol. The van der Waals surface area contributed by atoms with Gasteiger partial charge in [0.15, 0.2) is 0 Å². The number of hydrogen-bond acceptors (Lipinski definition) is 4. The molecule has 2 fully saturated rings. The van der Waals surface area contributed by atoms with Crippen LogP contribution < -0.4 is 4.74 Å². The van der Waals surface area contributed by atoms with Gasteiger partial charge in [-0.15, -0.1) is 0 Å². The fourth-order valence-electron chi connectivity index (χ4n) is 6.28. The molecule has 206 valence electrons. The van der Waals surface area contributed by atoms with Crippen molar-refractivity contribution in [1.82, 2.24) is 4.90 Å². The van der Waals surface area contributed by atoms with Gasteiger partial charge < -0.3 is 14.4 Å². The summed E-state index contributed by atoms with van der Waals surface area (Å²) < 4.78 is 11.8. The molecule has 1 saturated carbocycles. The van der Waals surface area contributed by atoms with Gasteiger partial charge in [0.1, 0.15) is 11.4 Å². The molecule has 4 nitrogen and oxygen atoms in total. The van der Waals surface area contributed by atoms with E-state index in [0.29, 0.717) is 18.3 Å². The van der Waals surface area contributed by atoms with Crippen molar-refractivity contribution in [1.29, 1.82) is 0 Å². The van der Waals surface area contributed by atoms with Gasteiger partial charge in [-0.2, -0.15) is 0 Å². The second-order valence-corrected chi connectivity index (χ2v) is 13.3. The lowest BCUT2D eigenvalue weighted by Crippen LogP contribution is -2.44. The van der Waals surface area contributed by atoms with E-state index < -0.39 is 5.60 Å². The molecular formula is C32H41Cl2NO3. The number of benzene rings is 2. The molecule has 2 aromatic carbocycles. The molecule has 0 bridgehead atoms. The molecule has 3 aliphatic rings. The lowest BCUT2D eigenvalue weighted by atomic mass is 9.74. The second kappa shape index (κ2) is 11.0. The van der Waals surface area contributed by atoms with Crippen LogP contribution in [0.1, 0.15) is 100 Å².